The number of likely N-dealkylation sites (tertiary alicyclic amines) is 1. The summed E-state index contributed by atoms with van der Waals surface area (Å²) >= 11 is 5.70. The third kappa shape index (κ3) is 2.56. The molecule has 1 aliphatic heterocycles. The van der Waals surface area contributed by atoms with Gasteiger partial charge in [0.2, 0.25) is 11.8 Å². The first-order valence-corrected chi connectivity index (χ1v) is 6.73. The molecule has 5 nitrogen and oxygen atoms in total. The van der Waals surface area contributed by atoms with E-state index in [1.807, 2.05) is 10.8 Å². The quantitative estimate of drug-likeness (QED) is 0.626. The van der Waals surface area contributed by atoms with Crippen molar-refractivity contribution in [1.29, 1.82) is 0 Å². The van der Waals surface area contributed by atoms with E-state index in [9.17, 15) is 14.4 Å². The molecule has 0 aromatic carbocycles. The van der Waals surface area contributed by atoms with Gasteiger partial charge in [0, 0.05) is 17.2 Å². The lowest BCUT2D eigenvalue weighted by Crippen LogP contribution is -2.65. The minimum absolute atomic E-state index is 0.201. The van der Waals surface area contributed by atoms with Crippen LogP contribution in [0.3, 0.4) is 0 Å². The van der Waals surface area contributed by atoms with E-state index in [1.54, 1.807) is 0 Å². The highest BCUT2D eigenvalue weighted by atomic mass is 32.1. The number of nitrogens with zero attached hydrogens (tertiary/aromatic N) is 1. The topological polar surface area (TPSA) is 66.5 Å². The predicted molar refractivity (Wildman–Crippen MR) is 69.6 cm³/mol. The molecule has 0 spiro atoms. The number of nitrogens with one attached hydrogen (secondary N) is 1. The number of rotatable bonds is 3. The van der Waals surface area contributed by atoms with Gasteiger partial charge in [-0.25, -0.2) is 0 Å². The van der Waals surface area contributed by atoms with Gasteiger partial charge in [-0.3, -0.25) is 19.3 Å². The first-order valence-electron chi connectivity index (χ1n) is 5.34. The molecule has 0 bridgehead atoms. The van der Waals surface area contributed by atoms with Crippen molar-refractivity contribution in [2.45, 2.75) is 24.3 Å². The summed E-state index contributed by atoms with van der Waals surface area (Å²) in [6.07, 6.45) is 0.201. The van der Waals surface area contributed by atoms with Gasteiger partial charge >= 0.3 is 0 Å². The molecule has 2 heterocycles. The average molecular weight is 284 g/mol. The molecule has 18 heavy (non-hydrogen) atoms. The Kier molecular flexibility index (Phi) is 3.72. The molecule has 1 aliphatic rings. The van der Waals surface area contributed by atoms with E-state index in [0.29, 0.717) is 0 Å². The van der Waals surface area contributed by atoms with Gasteiger partial charge in [-0.1, -0.05) is 0 Å². The maximum absolute atomic E-state index is 11.7. The van der Waals surface area contributed by atoms with Crippen molar-refractivity contribution in [3.8, 4) is 0 Å². The molecule has 1 N–H and O–H groups in total. The Bertz CT molecular complexity index is 512. The molecule has 1 aromatic heterocycles. The van der Waals surface area contributed by atoms with Crippen LogP contribution in [-0.4, -0.2) is 35.2 Å². The third-order valence-electron chi connectivity index (χ3n) is 2.71. The molecule has 7 heteroatoms. The van der Waals surface area contributed by atoms with Crippen LogP contribution in [0.15, 0.2) is 15.7 Å². The van der Waals surface area contributed by atoms with Crippen LogP contribution >= 0.6 is 24.0 Å². The van der Waals surface area contributed by atoms with Gasteiger partial charge in [0.1, 0.15) is 6.04 Å². The fourth-order valence-corrected chi connectivity index (χ4v) is 2.82. The van der Waals surface area contributed by atoms with Gasteiger partial charge in [-0.2, -0.15) is 11.3 Å². The van der Waals surface area contributed by atoms with Crippen molar-refractivity contribution in [2.75, 3.05) is 6.54 Å². The van der Waals surface area contributed by atoms with Crippen LogP contribution in [0.4, 0.5) is 0 Å². The Morgan fingerprint density at radius 1 is 1.56 bits per heavy atom. The molecule has 1 fully saturated rings. The molecule has 2 rings (SSSR count). The number of imide groups is 1. The van der Waals surface area contributed by atoms with Crippen LogP contribution < -0.4 is 5.32 Å². The number of hydrogen-bond acceptors (Lipinski definition) is 5. The summed E-state index contributed by atoms with van der Waals surface area (Å²) in [6.45, 7) is 1.59. The first-order chi connectivity index (χ1) is 8.49. The number of thiol groups is 1. The molecular formula is C11H12N2O3S2. The normalized spacial score (nSPS) is 18.4. The molecule has 0 saturated carbocycles. The van der Waals surface area contributed by atoms with E-state index in [1.165, 1.54) is 18.3 Å². The Labute approximate surface area is 114 Å². The zero-order valence-electron chi connectivity index (χ0n) is 9.67. The fraction of sp³-hybridized carbons (Fsp3) is 0.364. The summed E-state index contributed by atoms with van der Waals surface area (Å²) in [5.74, 6) is -0.863. The van der Waals surface area contributed by atoms with Gasteiger partial charge in [0.15, 0.2) is 0 Å². The number of carbonyl (C=O) groups excluding carboxylic acids is 3. The standard InChI is InChI=1S/C11H12N2O3S2/c1-6(14)13-3-8(11(13)16)12-10(15)2-7-4-18-5-9(7)17/h4-5,8,17H,2-3H2,1H3,(H,12,15). The van der Waals surface area contributed by atoms with E-state index in [2.05, 4.69) is 17.9 Å². The minimum atomic E-state index is -0.566. The van der Waals surface area contributed by atoms with Gasteiger partial charge in [0.25, 0.3) is 5.91 Å². The highest BCUT2D eigenvalue weighted by Gasteiger charge is 2.39. The minimum Gasteiger partial charge on any atom is -0.342 e. The zero-order valence-corrected chi connectivity index (χ0v) is 11.4. The Hall–Kier alpha value is -1.34. The van der Waals surface area contributed by atoms with Crippen molar-refractivity contribution in [1.82, 2.24) is 10.2 Å². The van der Waals surface area contributed by atoms with Crippen molar-refractivity contribution in [2.24, 2.45) is 0 Å². The predicted octanol–water partition coefficient (Wildman–Crippen LogP) is 0.453. The Morgan fingerprint density at radius 2 is 2.28 bits per heavy atom. The molecule has 0 aliphatic carbocycles. The van der Waals surface area contributed by atoms with E-state index in [4.69, 9.17) is 0 Å². The number of thiophene rings is 1. The summed E-state index contributed by atoms with van der Waals surface area (Å²) in [6, 6.07) is -0.566. The fourth-order valence-electron chi connectivity index (χ4n) is 1.68. The van der Waals surface area contributed by atoms with E-state index >= 15 is 0 Å². The van der Waals surface area contributed by atoms with Gasteiger partial charge < -0.3 is 5.32 Å². The van der Waals surface area contributed by atoms with E-state index in [0.717, 1.165) is 15.4 Å². The van der Waals surface area contributed by atoms with Gasteiger partial charge in [-0.05, 0) is 10.9 Å². The molecular weight excluding hydrogens is 272 g/mol. The summed E-state index contributed by atoms with van der Waals surface area (Å²) in [4.78, 5) is 36.0. The summed E-state index contributed by atoms with van der Waals surface area (Å²) < 4.78 is 0. The largest absolute Gasteiger partial charge is 0.342 e. The molecule has 96 valence electrons. The van der Waals surface area contributed by atoms with E-state index < -0.39 is 6.04 Å². The van der Waals surface area contributed by atoms with Crippen LogP contribution in [0.5, 0.6) is 0 Å². The summed E-state index contributed by atoms with van der Waals surface area (Å²) in [7, 11) is 0. The second kappa shape index (κ2) is 5.11. The number of carbonyl (C=O) groups is 3. The SMILES string of the molecule is CC(=O)N1CC(NC(=O)Cc2cscc2S)C1=O. The van der Waals surface area contributed by atoms with Gasteiger partial charge in [0.05, 0.1) is 13.0 Å². The molecule has 1 atom stereocenters. The molecule has 1 aromatic rings. The lowest BCUT2D eigenvalue weighted by Gasteiger charge is -2.36. The van der Waals surface area contributed by atoms with E-state index in [-0.39, 0.29) is 30.7 Å². The van der Waals surface area contributed by atoms with Crippen LogP contribution in [0, 0.1) is 0 Å². The number of β-lactam (4-membered cyclic amide) rings is 1. The Balaban J connectivity index is 1.85. The van der Waals surface area contributed by atoms with Crippen molar-refractivity contribution in [3.63, 3.8) is 0 Å². The highest BCUT2D eigenvalue weighted by Crippen LogP contribution is 2.19. The van der Waals surface area contributed by atoms with Crippen molar-refractivity contribution >= 4 is 41.7 Å². The molecule has 1 unspecified atom stereocenters. The average Bonchev–Trinajstić information content (AvgIpc) is 2.69. The Morgan fingerprint density at radius 3 is 2.78 bits per heavy atom. The van der Waals surface area contributed by atoms with Crippen molar-refractivity contribution in [3.05, 3.63) is 16.3 Å². The van der Waals surface area contributed by atoms with Crippen LogP contribution in [-0.2, 0) is 20.8 Å². The third-order valence-corrected chi connectivity index (χ3v) is 4.10. The lowest BCUT2D eigenvalue weighted by atomic mass is 10.1. The molecule has 3 amide bonds. The van der Waals surface area contributed by atoms with Crippen LogP contribution in [0.25, 0.3) is 0 Å². The van der Waals surface area contributed by atoms with Gasteiger partial charge in [-0.15, -0.1) is 12.6 Å². The molecule has 1 saturated heterocycles. The van der Waals surface area contributed by atoms with Crippen LogP contribution in [0.1, 0.15) is 12.5 Å². The first kappa shape index (κ1) is 13.1. The highest BCUT2D eigenvalue weighted by molar-refractivity contribution is 7.80. The lowest BCUT2D eigenvalue weighted by molar-refractivity contribution is -0.155. The number of hydrogen-bond donors (Lipinski definition) is 2. The second-order valence-electron chi connectivity index (χ2n) is 4.05. The summed E-state index contributed by atoms with van der Waals surface area (Å²) in [5.41, 5.74) is 0.844. The van der Waals surface area contributed by atoms with Crippen LogP contribution in [0.2, 0.25) is 0 Å². The second-order valence-corrected chi connectivity index (χ2v) is 5.27. The maximum Gasteiger partial charge on any atom is 0.253 e. The number of amides is 3. The maximum atomic E-state index is 11.7. The summed E-state index contributed by atoms with van der Waals surface area (Å²) in [5, 5.41) is 6.30. The monoisotopic (exact) mass is 284 g/mol. The smallest absolute Gasteiger partial charge is 0.253 e. The van der Waals surface area contributed by atoms with Crippen molar-refractivity contribution < 1.29 is 14.4 Å². The molecule has 0 radical (unpaired) electrons. The zero-order chi connectivity index (χ0) is 13.3.